The van der Waals surface area contributed by atoms with E-state index in [1.165, 1.54) is 19.3 Å². The predicted molar refractivity (Wildman–Crippen MR) is 93.5 cm³/mol. The molecule has 2 aromatic carbocycles. The molecule has 0 radical (unpaired) electrons. The standard InChI is InChI=1S/C19H23O3P/c1-15-11-13-17(14-12-15)23(20,21)22-19-10-6-5-9-18(19)16-7-3-2-4-8-16/h5-6,9-14,16H,2-4,7-8H2,1H3,(H,20,21). The van der Waals surface area contributed by atoms with E-state index in [1.54, 1.807) is 18.2 Å². The van der Waals surface area contributed by atoms with Gasteiger partial charge in [0, 0.05) is 0 Å². The van der Waals surface area contributed by atoms with Crippen LogP contribution in [0.4, 0.5) is 0 Å². The van der Waals surface area contributed by atoms with Crippen molar-refractivity contribution in [1.82, 2.24) is 0 Å². The fourth-order valence-corrected chi connectivity index (χ4v) is 4.30. The molecule has 0 amide bonds. The van der Waals surface area contributed by atoms with Gasteiger partial charge in [-0.05, 0) is 49.4 Å². The molecule has 1 unspecified atom stereocenters. The summed E-state index contributed by atoms with van der Waals surface area (Å²) in [4.78, 5) is 10.4. The van der Waals surface area contributed by atoms with E-state index in [0.717, 1.165) is 24.0 Å². The lowest BCUT2D eigenvalue weighted by Crippen LogP contribution is -2.11. The minimum Gasteiger partial charge on any atom is -0.421 e. The van der Waals surface area contributed by atoms with Crippen molar-refractivity contribution in [1.29, 1.82) is 0 Å². The van der Waals surface area contributed by atoms with Crippen molar-refractivity contribution in [3.8, 4) is 5.75 Å². The normalized spacial score (nSPS) is 18.3. The molecule has 0 aromatic heterocycles. The van der Waals surface area contributed by atoms with Crippen LogP contribution >= 0.6 is 7.60 Å². The van der Waals surface area contributed by atoms with Gasteiger partial charge in [0.2, 0.25) is 0 Å². The van der Waals surface area contributed by atoms with Crippen molar-refractivity contribution in [2.45, 2.75) is 44.9 Å². The number of para-hydroxylation sites is 1. The fourth-order valence-electron chi connectivity index (χ4n) is 3.23. The van der Waals surface area contributed by atoms with Crippen LogP contribution < -0.4 is 9.83 Å². The molecule has 23 heavy (non-hydrogen) atoms. The largest absolute Gasteiger partial charge is 0.421 e. The van der Waals surface area contributed by atoms with Crippen LogP contribution in [0.3, 0.4) is 0 Å². The Morgan fingerprint density at radius 3 is 2.35 bits per heavy atom. The van der Waals surface area contributed by atoms with Crippen LogP contribution in [0.1, 0.15) is 49.1 Å². The number of hydrogen-bond acceptors (Lipinski definition) is 2. The van der Waals surface area contributed by atoms with Crippen LogP contribution in [0.15, 0.2) is 48.5 Å². The number of rotatable bonds is 4. The second-order valence-corrected chi connectivity index (χ2v) is 8.06. The topological polar surface area (TPSA) is 46.5 Å². The molecule has 0 heterocycles. The van der Waals surface area contributed by atoms with E-state index >= 15 is 0 Å². The van der Waals surface area contributed by atoms with E-state index in [-0.39, 0.29) is 0 Å². The van der Waals surface area contributed by atoms with Crippen LogP contribution in [0.5, 0.6) is 5.75 Å². The molecular formula is C19H23O3P. The highest BCUT2D eigenvalue weighted by molar-refractivity contribution is 7.61. The van der Waals surface area contributed by atoms with Crippen molar-refractivity contribution in [3.05, 3.63) is 59.7 Å². The van der Waals surface area contributed by atoms with E-state index < -0.39 is 7.60 Å². The number of hydrogen-bond donors (Lipinski definition) is 1. The summed E-state index contributed by atoms with van der Waals surface area (Å²) >= 11 is 0. The summed E-state index contributed by atoms with van der Waals surface area (Å²) in [7, 11) is -3.86. The van der Waals surface area contributed by atoms with Crippen molar-refractivity contribution < 1.29 is 14.0 Å². The van der Waals surface area contributed by atoms with E-state index in [1.807, 2.05) is 37.3 Å². The first-order valence-corrected chi connectivity index (χ1v) is 9.82. The van der Waals surface area contributed by atoms with E-state index in [9.17, 15) is 9.46 Å². The Bertz CT molecular complexity index is 703. The predicted octanol–water partition coefficient (Wildman–Crippen LogP) is 4.93. The van der Waals surface area contributed by atoms with Gasteiger partial charge in [0.25, 0.3) is 0 Å². The second kappa shape index (κ2) is 6.90. The number of benzene rings is 2. The van der Waals surface area contributed by atoms with Crippen molar-refractivity contribution in [2.24, 2.45) is 0 Å². The Balaban J connectivity index is 1.87. The highest BCUT2D eigenvalue weighted by atomic mass is 31.2. The summed E-state index contributed by atoms with van der Waals surface area (Å²) in [5, 5.41) is 0.335. The zero-order valence-electron chi connectivity index (χ0n) is 13.4. The average Bonchev–Trinajstić information content (AvgIpc) is 2.56. The van der Waals surface area contributed by atoms with Gasteiger partial charge in [-0.15, -0.1) is 0 Å². The third-order valence-electron chi connectivity index (χ3n) is 4.55. The zero-order valence-corrected chi connectivity index (χ0v) is 14.3. The Hall–Kier alpha value is -1.57. The van der Waals surface area contributed by atoms with Crippen LogP contribution in [0.25, 0.3) is 0 Å². The molecule has 122 valence electrons. The molecule has 1 atom stereocenters. The van der Waals surface area contributed by atoms with Gasteiger partial charge in [-0.2, -0.15) is 0 Å². The fraction of sp³-hybridized carbons (Fsp3) is 0.368. The number of aryl methyl sites for hydroxylation is 1. The first-order chi connectivity index (χ1) is 11.1. The van der Waals surface area contributed by atoms with Crippen LogP contribution in [0, 0.1) is 6.92 Å². The van der Waals surface area contributed by atoms with Crippen molar-refractivity contribution >= 4 is 12.9 Å². The molecule has 1 fully saturated rings. The third-order valence-corrected chi connectivity index (χ3v) is 5.94. The lowest BCUT2D eigenvalue weighted by atomic mass is 9.84. The summed E-state index contributed by atoms with van der Waals surface area (Å²) in [5.74, 6) is 0.976. The smallest absolute Gasteiger partial charge is 0.408 e. The molecule has 4 heteroatoms. The van der Waals surface area contributed by atoms with Crippen LogP contribution in [0.2, 0.25) is 0 Å². The monoisotopic (exact) mass is 330 g/mol. The molecule has 1 aliphatic rings. The van der Waals surface area contributed by atoms with Gasteiger partial charge < -0.3 is 9.42 Å². The molecule has 1 saturated carbocycles. The maximum atomic E-state index is 12.7. The van der Waals surface area contributed by atoms with Crippen molar-refractivity contribution in [3.63, 3.8) is 0 Å². The van der Waals surface area contributed by atoms with Gasteiger partial charge in [-0.25, -0.2) is 4.57 Å². The summed E-state index contributed by atoms with van der Waals surface area (Å²) in [6.45, 7) is 1.95. The van der Waals surface area contributed by atoms with Gasteiger partial charge in [0.15, 0.2) is 0 Å². The maximum absolute atomic E-state index is 12.7. The summed E-state index contributed by atoms with van der Waals surface area (Å²) in [5.41, 5.74) is 2.12. The van der Waals surface area contributed by atoms with Crippen LogP contribution in [-0.2, 0) is 4.57 Å². The Morgan fingerprint density at radius 2 is 1.65 bits per heavy atom. The molecule has 3 nitrogen and oxygen atoms in total. The van der Waals surface area contributed by atoms with Gasteiger partial charge in [0.05, 0.1) is 5.30 Å². The SMILES string of the molecule is Cc1ccc(P(=O)(O)Oc2ccccc2C2CCCCC2)cc1. The summed E-state index contributed by atoms with van der Waals surface area (Å²) in [6, 6.07) is 14.7. The van der Waals surface area contributed by atoms with E-state index in [0.29, 0.717) is 17.0 Å². The quantitative estimate of drug-likeness (QED) is 0.808. The second-order valence-electron chi connectivity index (χ2n) is 6.32. The Morgan fingerprint density at radius 1 is 1.00 bits per heavy atom. The molecule has 0 bridgehead atoms. The third kappa shape index (κ3) is 3.85. The first kappa shape index (κ1) is 16.3. The molecule has 1 N–H and O–H groups in total. The summed E-state index contributed by atoms with van der Waals surface area (Å²) in [6.07, 6.45) is 5.96. The zero-order chi connectivity index (χ0) is 16.3. The lowest BCUT2D eigenvalue weighted by Gasteiger charge is -2.25. The molecule has 3 rings (SSSR count). The Kier molecular flexibility index (Phi) is 4.89. The highest BCUT2D eigenvalue weighted by Gasteiger charge is 2.27. The van der Waals surface area contributed by atoms with Gasteiger partial charge in [-0.1, -0.05) is 55.2 Å². The van der Waals surface area contributed by atoms with E-state index in [4.69, 9.17) is 4.52 Å². The molecule has 0 saturated heterocycles. The Labute approximate surface area is 137 Å². The van der Waals surface area contributed by atoms with Crippen molar-refractivity contribution in [2.75, 3.05) is 0 Å². The minimum atomic E-state index is -3.86. The van der Waals surface area contributed by atoms with Gasteiger partial charge in [-0.3, -0.25) is 0 Å². The molecule has 2 aromatic rings. The van der Waals surface area contributed by atoms with E-state index in [2.05, 4.69) is 0 Å². The minimum absolute atomic E-state index is 0.335. The van der Waals surface area contributed by atoms with Gasteiger partial charge >= 0.3 is 7.60 Å². The molecule has 0 aliphatic heterocycles. The summed E-state index contributed by atoms with van der Waals surface area (Å²) < 4.78 is 18.3. The van der Waals surface area contributed by atoms with Gasteiger partial charge in [0.1, 0.15) is 5.75 Å². The highest BCUT2D eigenvalue weighted by Crippen LogP contribution is 2.46. The van der Waals surface area contributed by atoms with Crippen LogP contribution in [-0.4, -0.2) is 4.89 Å². The molecule has 0 spiro atoms. The maximum Gasteiger partial charge on any atom is 0.408 e. The average molecular weight is 330 g/mol. The first-order valence-electron chi connectivity index (χ1n) is 8.25. The molecule has 1 aliphatic carbocycles. The molecular weight excluding hydrogens is 307 g/mol. The lowest BCUT2D eigenvalue weighted by molar-refractivity contribution is 0.383.